The Kier molecular flexibility index (Phi) is 6.02. The fourth-order valence-corrected chi connectivity index (χ4v) is 7.26. The molecular formula is C19H28O4Sn. The van der Waals surface area contributed by atoms with E-state index in [4.69, 9.17) is 13.9 Å². The normalized spacial score (nSPS) is 20.7. The van der Waals surface area contributed by atoms with Crippen LogP contribution in [0.25, 0.3) is 0 Å². The van der Waals surface area contributed by atoms with E-state index in [2.05, 4.69) is 31.9 Å². The van der Waals surface area contributed by atoms with Gasteiger partial charge in [-0.1, -0.05) is 0 Å². The van der Waals surface area contributed by atoms with E-state index in [1.54, 1.807) is 13.8 Å². The molecule has 2 heterocycles. The van der Waals surface area contributed by atoms with E-state index in [-0.39, 0.29) is 17.5 Å². The summed E-state index contributed by atoms with van der Waals surface area (Å²) in [6.07, 6.45) is 2.76. The number of hydrogen-bond acceptors (Lipinski definition) is 4. The number of ether oxygens (including phenoxy) is 2. The summed E-state index contributed by atoms with van der Waals surface area (Å²) in [4.78, 5) is 19.5. The van der Waals surface area contributed by atoms with Crippen LogP contribution < -0.4 is 10.2 Å². The molecule has 0 radical (unpaired) electrons. The monoisotopic (exact) mass is 440 g/mol. The van der Waals surface area contributed by atoms with Gasteiger partial charge in [-0.2, -0.15) is 0 Å². The summed E-state index contributed by atoms with van der Waals surface area (Å²) in [6, 6.07) is 0. The van der Waals surface area contributed by atoms with E-state index < -0.39 is 18.4 Å². The van der Waals surface area contributed by atoms with Gasteiger partial charge in [-0.05, 0) is 0 Å². The van der Waals surface area contributed by atoms with Crippen molar-refractivity contribution >= 4 is 18.4 Å². The van der Waals surface area contributed by atoms with E-state index in [1.807, 2.05) is 0 Å². The van der Waals surface area contributed by atoms with Crippen LogP contribution >= 0.6 is 0 Å². The topological polar surface area (TPSA) is 48.7 Å². The molecule has 0 spiro atoms. The van der Waals surface area contributed by atoms with Gasteiger partial charge in [0.2, 0.25) is 0 Å². The number of allylic oxidation sites excluding steroid dienone is 2. The molecule has 0 unspecified atom stereocenters. The van der Waals surface area contributed by atoms with E-state index >= 15 is 0 Å². The summed E-state index contributed by atoms with van der Waals surface area (Å²) in [6.45, 7) is 6.24. The van der Waals surface area contributed by atoms with Crippen molar-refractivity contribution in [3.8, 4) is 5.95 Å². The van der Waals surface area contributed by atoms with Crippen LogP contribution in [0, 0.1) is 13.8 Å². The first-order chi connectivity index (χ1) is 11.1. The molecule has 0 aromatic carbocycles. The van der Waals surface area contributed by atoms with Crippen molar-refractivity contribution < 1.29 is 13.9 Å². The van der Waals surface area contributed by atoms with Crippen molar-refractivity contribution in [1.29, 1.82) is 0 Å². The Morgan fingerprint density at radius 1 is 1.25 bits per heavy atom. The van der Waals surface area contributed by atoms with Crippen LogP contribution in [0.4, 0.5) is 0 Å². The maximum absolute atomic E-state index is 12.3. The van der Waals surface area contributed by atoms with E-state index in [1.165, 1.54) is 18.3 Å². The Labute approximate surface area is 148 Å². The predicted molar refractivity (Wildman–Crippen MR) is 99.5 cm³/mol. The summed E-state index contributed by atoms with van der Waals surface area (Å²) in [5.74, 6) is 0.863. The summed E-state index contributed by atoms with van der Waals surface area (Å²) in [5.41, 5.74) is 3.64. The van der Waals surface area contributed by atoms with Gasteiger partial charge in [0.15, 0.2) is 0 Å². The first kappa shape index (κ1) is 19.3. The molecule has 1 fully saturated rings. The molecule has 0 bridgehead atoms. The quantitative estimate of drug-likeness (QED) is 0.650. The van der Waals surface area contributed by atoms with Crippen molar-refractivity contribution in [2.75, 3.05) is 13.7 Å². The molecular weight excluding hydrogens is 411 g/mol. The number of rotatable bonds is 4. The molecule has 0 amide bonds. The average molecular weight is 439 g/mol. The standard InChI is InChI=1S/C16H19O4.3CH3.Sn/c1-9(2)6-12-7-13(19-8-12)15-10(3)14(17)11(4)16(18-5)20-15;;;;/h1,6,13H,7-8H2,2-5H3;3*1H3;/b9-1?,12-6-;;;;/t13-;;;;/m1..../s1. The average Bonchev–Trinajstić information content (AvgIpc) is 2.91. The van der Waals surface area contributed by atoms with Crippen LogP contribution in [0.15, 0.2) is 30.5 Å². The van der Waals surface area contributed by atoms with E-state index in [9.17, 15) is 4.79 Å². The van der Waals surface area contributed by atoms with Crippen molar-refractivity contribution in [2.45, 2.75) is 48.1 Å². The molecule has 24 heavy (non-hydrogen) atoms. The predicted octanol–water partition coefficient (Wildman–Crippen LogP) is 4.48. The second-order valence-corrected chi connectivity index (χ2v) is 21.9. The van der Waals surface area contributed by atoms with Crippen molar-refractivity contribution in [1.82, 2.24) is 0 Å². The van der Waals surface area contributed by atoms with Gasteiger partial charge in [0.25, 0.3) is 0 Å². The van der Waals surface area contributed by atoms with Gasteiger partial charge < -0.3 is 0 Å². The van der Waals surface area contributed by atoms with Gasteiger partial charge in [0.1, 0.15) is 0 Å². The van der Waals surface area contributed by atoms with Gasteiger partial charge >= 0.3 is 148 Å². The first-order valence-electron chi connectivity index (χ1n) is 8.31. The minimum absolute atomic E-state index is 0.0352. The molecule has 1 aliphatic rings. The SMILES string of the molecule is COc1oc([C@H]2C/C(=C/C(C)=[CH]\[Sn]([CH3])([CH3])[CH3])CO2)c(C)c(=O)c1C. The van der Waals surface area contributed by atoms with Crippen LogP contribution in [0.3, 0.4) is 0 Å². The molecule has 0 aliphatic carbocycles. The zero-order chi connectivity index (χ0) is 18.1. The summed E-state index contributed by atoms with van der Waals surface area (Å²) in [5, 5.41) is 0. The van der Waals surface area contributed by atoms with Crippen molar-refractivity contribution in [3.05, 3.63) is 48.4 Å². The fraction of sp³-hybridized carbons (Fsp3) is 0.526. The van der Waals surface area contributed by atoms with Crippen LogP contribution in [0.2, 0.25) is 14.8 Å². The molecule has 132 valence electrons. The van der Waals surface area contributed by atoms with Gasteiger partial charge in [-0.3, -0.25) is 0 Å². The Balaban J connectivity index is 2.27. The molecule has 0 saturated carbocycles. The van der Waals surface area contributed by atoms with Crippen molar-refractivity contribution in [3.63, 3.8) is 0 Å². The molecule has 4 nitrogen and oxygen atoms in total. The molecule has 0 N–H and O–H groups in total. The number of methoxy groups -OCH3 is 1. The van der Waals surface area contributed by atoms with E-state index in [0.717, 1.165) is 6.42 Å². The molecule has 5 heteroatoms. The van der Waals surface area contributed by atoms with Crippen LogP contribution in [-0.2, 0) is 4.74 Å². The third-order valence-electron chi connectivity index (χ3n) is 4.05. The third-order valence-corrected chi connectivity index (χ3v) is 7.82. The van der Waals surface area contributed by atoms with Gasteiger partial charge in [-0.15, -0.1) is 0 Å². The Bertz CT molecular complexity index is 735. The maximum atomic E-state index is 12.3. The van der Waals surface area contributed by atoms with Gasteiger partial charge in [-0.25, -0.2) is 0 Å². The zero-order valence-electron chi connectivity index (χ0n) is 15.8. The molecule has 1 atom stereocenters. The second-order valence-electron chi connectivity index (χ2n) is 7.60. The van der Waals surface area contributed by atoms with E-state index in [0.29, 0.717) is 23.5 Å². The second kappa shape index (κ2) is 7.48. The summed E-state index contributed by atoms with van der Waals surface area (Å²) < 4.78 is 19.3. The zero-order valence-corrected chi connectivity index (χ0v) is 18.6. The van der Waals surface area contributed by atoms with Gasteiger partial charge in [0.05, 0.1) is 0 Å². The Morgan fingerprint density at radius 3 is 2.50 bits per heavy atom. The van der Waals surface area contributed by atoms with Crippen molar-refractivity contribution in [2.24, 2.45) is 0 Å². The van der Waals surface area contributed by atoms with Gasteiger partial charge in [0, 0.05) is 0 Å². The van der Waals surface area contributed by atoms with Crippen LogP contribution in [0.1, 0.15) is 36.3 Å². The number of hydrogen-bond donors (Lipinski definition) is 0. The summed E-state index contributed by atoms with van der Waals surface area (Å²) >= 11 is -1.94. The molecule has 1 aromatic heterocycles. The minimum atomic E-state index is -1.94. The molecule has 1 aliphatic heterocycles. The van der Waals surface area contributed by atoms with Crippen LogP contribution in [0.5, 0.6) is 5.95 Å². The molecule has 1 aromatic rings. The fourth-order valence-electron chi connectivity index (χ4n) is 3.12. The first-order valence-corrected chi connectivity index (χ1v) is 18.5. The molecule has 1 saturated heterocycles. The Morgan fingerprint density at radius 2 is 1.92 bits per heavy atom. The Hall–Kier alpha value is -1.01. The summed E-state index contributed by atoms with van der Waals surface area (Å²) in [7, 11) is 1.51. The molecule has 2 rings (SSSR count). The van der Waals surface area contributed by atoms with Crippen LogP contribution in [-0.4, -0.2) is 32.1 Å². The third kappa shape index (κ3) is 4.54.